The summed E-state index contributed by atoms with van der Waals surface area (Å²) < 4.78 is 0. The number of carbonyl (C=O) groups is 2. The minimum Gasteiger partial charge on any atom is -0.339 e. The Bertz CT molecular complexity index is 637. The lowest BCUT2D eigenvalue weighted by atomic mass is 9.93. The number of nitrogens with zero attached hydrogens (tertiary/aromatic N) is 2. The van der Waals surface area contributed by atoms with Crippen molar-refractivity contribution in [2.45, 2.75) is 46.1 Å². The SMILES string of the molecule is CCN(CC)C(=O)c1cccc(NC(=O)C(C)N2CCC(CCNC)CC2)c1. The molecule has 0 radical (unpaired) electrons. The van der Waals surface area contributed by atoms with E-state index >= 15 is 0 Å². The van der Waals surface area contributed by atoms with Crippen LogP contribution in [0.15, 0.2) is 24.3 Å². The van der Waals surface area contributed by atoms with Crippen molar-refractivity contribution in [3.05, 3.63) is 29.8 Å². The summed E-state index contributed by atoms with van der Waals surface area (Å²) in [6.07, 6.45) is 3.50. The molecule has 1 saturated heterocycles. The van der Waals surface area contributed by atoms with Crippen LogP contribution in [0.4, 0.5) is 5.69 Å². The Hall–Kier alpha value is -1.92. The van der Waals surface area contributed by atoms with E-state index in [2.05, 4.69) is 15.5 Å². The van der Waals surface area contributed by atoms with Crippen LogP contribution in [0.5, 0.6) is 0 Å². The average molecular weight is 389 g/mol. The Morgan fingerprint density at radius 3 is 2.50 bits per heavy atom. The van der Waals surface area contributed by atoms with E-state index in [0.717, 1.165) is 38.4 Å². The maximum atomic E-state index is 12.7. The van der Waals surface area contributed by atoms with Crippen LogP contribution in [0.2, 0.25) is 0 Å². The number of amides is 2. The number of piperidine rings is 1. The Morgan fingerprint density at radius 2 is 1.89 bits per heavy atom. The first-order valence-electron chi connectivity index (χ1n) is 10.6. The highest BCUT2D eigenvalue weighted by atomic mass is 16.2. The molecule has 2 amide bonds. The van der Waals surface area contributed by atoms with Gasteiger partial charge in [-0.05, 0) is 90.8 Å². The minimum atomic E-state index is -0.174. The van der Waals surface area contributed by atoms with Crippen molar-refractivity contribution in [2.75, 3.05) is 45.1 Å². The average Bonchev–Trinajstić information content (AvgIpc) is 2.73. The van der Waals surface area contributed by atoms with Gasteiger partial charge in [0.05, 0.1) is 6.04 Å². The summed E-state index contributed by atoms with van der Waals surface area (Å²) in [6.45, 7) is 10.2. The fourth-order valence-corrected chi connectivity index (χ4v) is 3.81. The van der Waals surface area contributed by atoms with Crippen LogP contribution in [0.3, 0.4) is 0 Å². The number of benzene rings is 1. The van der Waals surface area contributed by atoms with Gasteiger partial charge in [-0.25, -0.2) is 0 Å². The number of anilines is 1. The molecule has 6 heteroatoms. The highest BCUT2D eigenvalue weighted by Gasteiger charge is 2.26. The Kier molecular flexibility index (Phi) is 8.93. The van der Waals surface area contributed by atoms with Gasteiger partial charge in [0.2, 0.25) is 5.91 Å². The largest absolute Gasteiger partial charge is 0.339 e. The van der Waals surface area contributed by atoms with Crippen molar-refractivity contribution in [3.63, 3.8) is 0 Å². The van der Waals surface area contributed by atoms with Gasteiger partial charge in [-0.3, -0.25) is 14.5 Å². The van der Waals surface area contributed by atoms with Crippen molar-refractivity contribution < 1.29 is 9.59 Å². The van der Waals surface area contributed by atoms with Gasteiger partial charge in [0, 0.05) is 24.3 Å². The first-order valence-corrected chi connectivity index (χ1v) is 10.6. The molecule has 0 saturated carbocycles. The zero-order valence-corrected chi connectivity index (χ0v) is 17.8. The molecule has 28 heavy (non-hydrogen) atoms. The topological polar surface area (TPSA) is 64.7 Å². The summed E-state index contributed by atoms with van der Waals surface area (Å²) >= 11 is 0. The first-order chi connectivity index (χ1) is 13.5. The molecule has 1 unspecified atom stereocenters. The van der Waals surface area contributed by atoms with Gasteiger partial charge in [0.25, 0.3) is 5.91 Å². The normalized spacial score (nSPS) is 16.6. The van der Waals surface area contributed by atoms with Crippen LogP contribution >= 0.6 is 0 Å². The fraction of sp³-hybridized carbons (Fsp3) is 0.636. The van der Waals surface area contributed by atoms with Crippen LogP contribution in [-0.4, -0.2) is 67.4 Å². The van der Waals surface area contributed by atoms with Gasteiger partial charge in [0.1, 0.15) is 0 Å². The van der Waals surface area contributed by atoms with Crippen molar-refractivity contribution in [1.29, 1.82) is 0 Å². The molecule has 0 spiro atoms. The Balaban J connectivity index is 1.92. The van der Waals surface area contributed by atoms with Crippen LogP contribution < -0.4 is 10.6 Å². The van der Waals surface area contributed by atoms with Gasteiger partial charge in [-0.2, -0.15) is 0 Å². The predicted octanol–water partition coefficient (Wildman–Crippen LogP) is 2.82. The number of carbonyl (C=O) groups excluding carboxylic acids is 2. The lowest BCUT2D eigenvalue weighted by molar-refractivity contribution is -0.121. The molecule has 0 aliphatic carbocycles. The number of nitrogens with one attached hydrogen (secondary N) is 2. The van der Waals surface area contributed by atoms with Gasteiger partial charge >= 0.3 is 0 Å². The minimum absolute atomic E-state index is 0.00205. The molecule has 0 bridgehead atoms. The third-order valence-electron chi connectivity index (χ3n) is 5.81. The van der Waals surface area contributed by atoms with E-state index in [-0.39, 0.29) is 17.9 Å². The molecule has 6 nitrogen and oxygen atoms in total. The maximum absolute atomic E-state index is 12.7. The fourth-order valence-electron chi connectivity index (χ4n) is 3.81. The van der Waals surface area contributed by atoms with E-state index in [4.69, 9.17) is 0 Å². The van der Waals surface area contributed by atoms with Crippen molar-refractivity contribution >= 4 is 17.5 Å². The monoisotopic (exact) mass is 388 g/mol. The lowest BCUT2D eigenvalue weighted by Gasteiger charge is -2.35. The number of hydrogen-bond acceptors (Lipinski definition) is 4. The van der Waals surface area contributed by atoms with Crippen LogP contribution in [0.1, 0.15) is 50.4 Å². The standard InChI is InChI=1S/C22H36N4O2/c1-5-25(6-2)22(28)19-8-7-9-20(16-19)24-21(27)17(3)26-14-11-18(12-15-26)10-13-23-4/h7-9,16-18,23H,5-6,10-15H2,1-4H3,(H,24,27). The molecular weight excluding hydrogens is 352 g/mol. The molecule has 1 fully saturated rings. The van der Waals surface area contributed by atoms with Crippen molar-refractivity contribution in [3.8, 4) is 0 Å². The molecular formula is C22H36N4O2. The third-order valence-corrected chi connectivity index (χ3v) is 5.81. The highest BCUT2D eigenvalue weighted by molar-refractivity contribution is 5.98. The summed E-state index contributed by atoms with van der Waals surface area (Å²) in [5.41, 5.74) is 1.29. The first kappa shape index (κ1) is 22.4. The molecule has 1 heterocycles. The Morgan fingerprint density at radius 1 is 1.21 bits per heavy atom. The smallest absolute Gasteiger partial charge is 0.253 e. The van der Waals surface area contributed by atoms with E-state index in [1.54, 1.807) is 17.0 Å². The van der Waals surface area contributed by atoms with Crippen LogP contribution in [0, 0.1) is 5.92 Å². The predicted molar refractivity (Wildman–Crippen MR) is 115 cm³/mol. The van der Waals surface area contributed by atoms with Gasteiger partial charge in [0.15, 0.2) is 0 Å². The maximum Gasteiger partial charge on any atom is 0.253 e. The molecule has 2 N–H and O–H groups in total. The lowest BCUT2D eigenvalue weighted by Crippen LogP contribution is -2.46. The van der Waals surface area contributed by atoms with E-state index in [1.165, 1.54) is 6.42 Å². The molecule has 1 aromatic rings. The zero-order valence-electron chi connectivity index (χ0n) is 17.8. The van der Waals surface area contributed by atoms with Crippen LogP contribution in [-0.2, 0) is 4.79 Å². The summed E-state index contributed by atoms with van der Waals surface area (Å²) in [4.78, 5) is 29.3. The van der Waals surface area contributed by atoms with Crippen LogP contribution in [0.25, 0.3) is 0 Å². The van der Waals surface area contributed by atoms with Crippen molar-refractivity contribution in [2.24, 2.45) is 5.92 Å². The molecule has 1 atom stereocenters. The zero-order chi connectivity index (χ0) is 20.5. The van der Waals surface area contributed by atoms with E-state index < -0.39 is 0 Å². The molecule has 1 aliphatic rings. The second-order valence-corrected chi connectivity index (χ2v) is 7.60. The third kappa shape index (κ3) is 6.04. The summed E-state index contributed by atoms with van der Waals surface area (Å²) in [7, 11) is 1.99. The summed E-state index contributed by atoms with van der Waals surface area (Å²) in [5.74, 6) is 0.737. The van der Waals surface area contributed by atoms with Crippen molar-refractivity contribution in [1.82, 2.24) is 15.1 Å². The molecule has 2 rings (SSSR count). The van der Waals surface area contributed by atoms with E-state index in [9.17, 15) is 9.59 Å². The molecule has 1 aliphatic heterocycles. The van der Waals surface area contributed by atoms with Gasteiger partial charge < -0.3 is 15.5 Å². The highest BCUT2D eigenvalue weighted by Crippen LogP contribution is 2.22. The second-order valence-electron chi connectivity index (χ2n) is 7.60. The second kappa shape index (κ2) is 11.2. The summed E-state index contributed by atoms with van der Waals surface area (Å²) in [5, 5.41) is 6.21. The molecule has 1 aromatic carbocycles. The van der Waals surface area contributed by atoms with Gasteiger partial charge in [-0.1, -0.05) is 6.07 Å². The number of hydrogen-bond donors (Lipinski definition) is 2. The Labute approximate surface area is 169 Å². The van der Waals surface area contributed by atoms with Gasteiger partial charge in [-0.15, -0.1) is 0 Å². The number of rotatable bonds is 9. The van der Waals surface area contributed by atoms with E-state index in [0.29, 0.717) is 24.3 Å². The van der Waals surface area contributed by atoms with E-state index in [1.807, 2.05) is 40.0 Å². The molecule has 156 valence electrons. The quantitative estimate of drug-likeness (QED) is 0.683. The summed E-state index contributed by atoms with van der Waals surface area (Å²) in [6, 6.07) is 7.07. The number of likely N-dealkylation sites (tertiary alicyclic amines) is 1. The molecule has 0 aromatic heterocycles.